The zero-order chi connectivity index (χ0) is 13.3. The summed E-state index contributed by atoms with van der Waals surface area (Å²) in [4.78, 5) is 11.9. The van der Waals surface area contributed by atoms with E-state index in [0.29, 0.717) is 11.7 Å². The third-order valence-corrected chi connectivity index (χ3v) is 4.48. The van der Waals surface area contributed by atoms with Crippen LogP contribution in [0.2, 0.25) is 0 Å². The second-order valence-corrected chi connectivity index (χ2v) is 7.04. The molecule has 1 aromatic carbocycles. The van der Waals surface area contributed by atoms with Crippen molar-refractivity contribution in [2.45, 2.75) is 31.1 Å². The maximum atomic E-state index is 11.9. The van der Waals surface area contributed by atoms with Crippen molar-refractivity contribution in [3.8, 4) is 5.75 Å². The normalized spacial score (nSPS) is 17.2. The molecule has 0 bridgehead atoms. The van der Waals surface area contributed by atoms with Crippen molar-refractivity contribution in [3.63, 3.8) is 0 Å². The van der Waals surface area contributed by atoms with Gasteiger partial charge in [-0.05, 0) is 44.0 Å². The van der Waals surface area contributed by atoms with E-state index in [9.17, 15) is 13.2 Å². The number of ketones is 1. The zero-order valence-electron chi connectivity index (χ0n) is 10.4. The van der Waals surface area contributed by atoms with E-state index in [1.54, 1.807) is 24.3 Å². The predicted octanol–water partition coefficient (Wildman–Crippen LogP) is 1.84. The highest BCUT2D eigenvalue weighted by atomic mass is 32.2. The lowest BCUT2D eigenvalue weighted by Crippen LogP contribution is -2.26. The first-order valence-corrected chi connectivity index (χ1v) is 7.83. The van der Waals surface area contributed by atoms with Gasteiger partial charge < -0.3 is 4.74 Å². The van der Waals surface area contributed by atoms with Gasteiger partial charge >= 0.3 is 0 Å². The average Bonchev–Trinajstić information content (AvgIpc) is 3.11. The first-order chi connectivity index (χ1) is 8.38. The van der Waals surface area contributed by atoms with E-state index in [2.05, 4.69) is 0 Å². The molecule has 18 heavy (non-hydrogen) atoms. The third kappa shape index (κ3) is 3.10. The van der Waals surface area contributed by atoms with E-state index >= 15 is 0 Å². The Balaban J connectivity index is 2.11. The van der Waals surface area contributed by atoms with E-state index in [-0.39, 0.29) is 5.78 Å². The lowest BCUT2D eigenvalue weighted by atomic mass is 10.1. The molecule has 5 heteroatoms. The number of Topliss-reactive ketones (excluding diaryl/α,β-unsaturated/α-hetero) is 1. The number of carbonyl (C=O) groups is 1. The molecule has 0 N–H and O–H groups in total. The van der Waals surface area contributed by atoms with Crippen molar-refractivity contribution < 1.29 is 17.9 Å². The highest BCUT2D eigenvalue weighted by Gasteiger charge is 2.25. The first kappa shape index (κ1) is 13.1. The second-order valence-electron chi connectivity index (χ2n) is 4.68. The van der Waals surface area contributed by atoms with Gasteiger partial charge in [-0.2, -0.15) is 0 Å². The predicted molar refractivity (Wildman–Crippen MR) is 68.7 cm³/mol. The Bertz CT molecular complexity index is 541. The van der Waals surface area contributed by atoms with Crippen LogP contribution in [0.5, 0.6) is 5.75 Å². The minimum Gasteiger partial charge on any atom is -0.490 e. The summed E-state index contributed by atoms with van der Waals surface area (Å²) in [6, 6.07) is 6.64. The highest BCUT2D eigenvalue weighted by molar-refractivity contribution is 7.92. The number of benzene rings is 1. The summed E-state index contributed by atoms with van der Waals surface area (Å²) in [6.45, 7) is 1.41. The molecule has 0 radical (unpaired) electrons. The highest BCUT2D eigenvalue weighted by Crippen LogP contribution is 2.26. The van der Waals surface area contributed by atoms with Crippen LogP contribution >= 0.6 is 0 Å². The maximum absolute atomic E-state index is 11.9. The molecule has 1 unspecified atom stereocenters. The van der Waals surface area contributed by atoms with Gasteiger partial charge in [0.1, 0.15) is 11.0 Å². The van der Waals surface area contributed by atoms with Crippen LogP contribution in [0.15, 0.2) is 24.3 Å². The minimum atomic E-state index is -3.35. The Morgan fingerprint density at radius 1 is 1.28 bits per heavy atom. The number of carbonyl (C=O) groups excluding carboxylic acids is 1. The van der Waals surface area contributed by atoms with Crippen LogP contribution < -0.4 is 4.74 Å². The van der Waals surface area contributed by atoms with Crippen molar-refractivity contribution >= 4 is 15.6 Å². The van der Waals surface area contributed by atoms with E-state index in [1.165, 1.54) is 6.92 Å². The zero-order valence-corrected chi connectivity index (χ0v) is 11.2. The van der Waals surface area contributed by atoms with E-state index in [4.69, 9.17) is 4.74 Å². The van der Waals surface area contributed by atoms with Gasteiger partial charge in [0.05, 0.1) is 6.10 Å². The van der Waals surface area contributed by atoms with Crippen LogP contribution in [-0.4, -0.2) is 31.8 Å². The molecule has 0 spiro atoms. The fraction of sp³-hybridized carbons (Fsp3) is 0.462. The fourth-order valence-electron chi connectivity index (χ4n) is 1.51. The molecule has 0 aliphatic heterocycles. The van der Waals surface area contributed by atoms with Gasteiger partial charge in [0.2, 0.25) is 0 Å². The Kier molecular flexibility index (Phi) is 3.43. The summed E-state index contributed by atoms with van der Waals surface area (Å²) in [6.07, 6.45) is 3.53. The van der Waals surface area contributed by atoms with Crippen molar-refractivity contribution in [1.29, 1.82) is 0 Å². The smallest absolute Gasteiger partial charge is 0.180 e. The largest absolute Gasteiger partial charge is 0.490 e. The molecule has 0 aromatic heterocycles. The number of sulfone groups is 1. The number of hydrogen-bond donors (Lipinski definition) is 0. The van der Waals surface area contributed by atoms with Gasteiger partial charge in [0.15, 0.2) is 15.6 Å². The van der Waals surface area contributed by atoms with Crippen molar-refractivity contribution in [1.82, 2.24) is 0 Å². The number of hydrogen-bond acceptors (Lipinski definition) is 4. The van der Waals surface area contributed by atoms with Gasteiger partial charge in [0.25, 0.3) is 0 Å². The van der Waals surface area contributed by atoms with Crippen LogP contribution in [0.25, 0.3) is 0 Å². The van der Waals surface area contributed by atoms with Gasteiger partial charge in [-0.15, -0.1) is 0 Å². The van der Waals surface area contributed by atoms with Crippen LogP contribution in [0.3, 0.4) is 0 Å². The Morgan fingerprint density at radius 2 is 1.83 bits per heavy atom. The molecule has 0 saturated heterocycles. The molecule has 0 heterocycles. The molecule has 0 amide bonds. The summed E-state index contributed by atoms with van der Waals surface area (Å²) >= 11 is 0. The molecule has 1 saturated carbocycles. The van der Waals surface area contributed by atoms with Gasteiger partial charge in [-0.25, -0.2) is 8.42 Å². The minimum absolute atomic E-state index is 0.307. The lowest BCUT2D eigenvalue weighted by Gasteiger charge is -2.09. The van der Waals surface area contributed by atoms with Crippen LogP contribution in [0, 0.1) is 0 Å². The summed E-state index contributed by atoms with van der Waals surface area (Å²) in [5.74, 6) is 0.344. The topological polar surface area (TPSA) is 60.4 Å². The van der Waals surface area contributed by atoms with E-state index in [0.717, 1.165) is 24.8 Å². The molecular weight excluding hydrogens is 252 g/mol. The molecule has 2 rings (SSSR count). The van der Waals surface area contributed by atoms with Crippen molar-refractivity contribution in [2.75, 3.05) is 6.26 Å². The first-order valence-electron chi connectivity index (χ1n) is 5.88. The maximum Gasteiger partial charge on any atom is 0.180 e. The molecule has 1 aliphatic rings. The summed E-state index contributed by atoms with van der Waals surface area (Å²) in [7, 11) is -3.35. The Morgan fingerprint density at radius 3 is 2.28 bits per heavy atom. The van der Waals surface area contributed by atoms with Crippen LogP contribution in [0.1, 0.15) is 30.1 Å². The van der Waals surface area contributed by atoms with E-state index in [1.807, 2.05) is 0 Å². The van der Waals surface area contributed by atoms with E-state index < -0.39 is 15.1 Å². The standard InChI is InChI=1S/C13H16O4S/c1-9(18(2,15)16)13(14)10-3-5-11(6-4-10)17-12-7-8-12/h3-6,9,12H,7-8H2,1-2H3. The molecule has 4 nitrogen and oxygen atoms in total. The van der Waals surface area contributed by atoms with Gasteiger partial charge in [-0.1, -0.05) is 0 Å². The quantitative estimate of drug-likeness (QED) is 0.765. The summed E-state index contributed by atoms with van der Waals surface area (Å²) < 4.78 is 28.2. The summed E-state index contributed by atoms with van der Waals surface area (Å²) in [5.41, 5.74) is 0.399. The fourth-order valence-corrected chi connectivity index (χ4v) is 2.03. The number of ether oxygens (including phenoxy) is 1. The number of rotatable bonds is 5. The third-order valence-electron chi connectivity index (χ3n) is 2.98. The van der Waals surface area contributed by atoms with Crippen LogP contribution in [0.4, 0.5) is 0 Å². The summed E-state index contributed by atoms with van der Waals surface area (Å²) in [5, 5.41) is -1.01. The Hall–Kier alpha value is -1.36. The second kappa shape index (κ2) is 4.72. The van der Waals surface area contributed by atoms with Crippen molar-refractivity contribution in [3.05, 3.63) is 29.8 Å². The average molecular weight is 268 g/mol. The molecule has 1 atom stereocenters. The molecule has 1 fully saturated rings. The SMILES string of the molecule is CC(C(=O)c1ccc(OC2CC2)cc1)S(C)(=O)=O. The monoisotopic (exact) mass is 268 g/mol. The lowest BCUT2D eigenvalue weighted by molar-refractivity contribution is 0.0991. The van der Waals surface area contributed by atoms with Gasteiger partial charge in [-0.3, -0.25) is 4.79 Å². The van der Waals surface area contributed by atoms with Gasteiger partial charge in [0, 0.05) is 11.8 Å². The molecule has 1 aromatic rings. The molecule has 98 valence electrons. The Labute approximate surface area is 107 Å². The van der Waals surface area contributed by atoms with Crippen molar-refractivity contribution in [2.24, 2.45) is 0 Å². The molecule has 1 aliphatic carbocycles. The van der Waals surface area contributed by atoms with Crippen LogP contribution in [-0.2, 0) is 9.84 Å². The molecular formula is C13H16O4S.